The predicted molar refractivity (Wildman–Crippen MR) is 66.9 cm³/mol. The van der Waals surface area contributed by atoms with E-state index in [1.165, 1.54) is 11.8 Å². The minimum absolute atomic E-state index is 0.101. The van der Waals surface area contributed by atoms with Gasteiger partial charge in [0.15, 0.2) is 0 Å². The zero-order chi connectivity index (χ0) is 14.5. The maximum Gasteiger partial charge on any atom is 0.323 e. The first-order valence-corrected chi connectivity index (χ1v) is 5.96. The monoisotopic (exact) mass is 258 g/mol. The molecule has 0 aliphatic carbocycles. The molecule has 0 spiro atoms. The summed E-state index contributed by atoms with van der Waals surface area (Å²) in [5, 5.41) is 11.4. The number of carboxylic acids is 1. The Kier molecular flexibility index (Phi) is 6.36. The van der Waals surface area contributed by atoms with Crippen molar-refractivity contribution in [2.75, 3.05) is 6.54 Å². The quantitative estimate of drug-likeness (QED) is 0.725. The standard InChI is InChI=1S/C12H22N2O4/c1-7(2)11(13-9(5)15)12(18)14(8(3)4)6-10(16)17/h7-8,11H,6H2,1-5H3,(H,13,15)(H,16,17). The molecule has 6 heteroatoms. The zero-order valence-electron chi connectivity index (χ0n) is 11.6. The third kappa shape index (κ3) is 5.16. The van der Waals surface area contributed by atoms with Crippen LogP contribution in [0.25, 0.3) is 0 Å². The molecule has 0 heterocycles. The van der Waals surface area contributed by atoms with Gasteiger partial charge in [-0.15, -0.1) is 0 Å². The molecular weight excluding hydrogens is 236 g/mol. The summed E-state index contributed by atoms with van der Waals surface area (Å²) >= 11 is 0. The van der Waals surface area contributed by atoms with E-state index < -0.39 is 12.0 Å². The minimum atomic E-state index is -1.07. The molecule has 1 atom stereocenters. The van der Waals surface area contributed by atoms with Gasteiger partial charge in [0.25, 0.3) is 0 Å². The van der Waals surface area contributed by atoms with Crippen LogP contribution in [0.15, 0.2) is 0 Å². The van der Waals surface area contributed by atoms with Crippen LogP contribution in [0.5, 0.6) is 0 Å². The lowest BCUT2D eigenvalue weighted by Crippen LogP contribution is -2.53. The third-order valence-corrected chi connectivity index (χ3v) is 2.50. The third-order valence-electron chi connectivity index (χ3n) is 2.50. The van der Waals surface area contributed by atoms with Crippen LogP contribution in [-0.2, 0) is 14.4 Å². The molecule has 0 aromatic carbocycles. The van der Waals surface area contributed by atoms with Crippen LogP contribution in [0.1, 0.15) is 34.6 Å². The van der Waals surface area contributed by atoms with Gasteiger partial charge in [-0.25, -0.2) is 0 Å². The number of hydrogen-bond donors (Lipinski definition) is 2. The van der Waals surface area contributed by atoms with Gasteiger partial charge in [0.2, 0.25) is 11.8 Å². The fraction of sp³-hybridized carbons (Fsp3) is 0.750. The molecule has 0 rings (SSSR count). The van der Waals surface area contributed by atoms with Gasteiger partial charge in [-0.05, 0) is 19.8 Å². The van der Waals surface area contributed by atoms with Crippen molar-refractivity contribution in [1.82, 2.24) is 10.2 Å². The average Bonchev–Trinajstić information content (AvgIpc) is 2.20. The second-order valence-corrected chi connectivity index (χ2v) is 4.88. The van der Waals surface area contributed by atoms with E-state index in [4.69, 9.17) is 5.11 Å². The number of carbonyl (C=O) groups is 3. The number of nitrogens with one attached hydrogen (secondary N) is 1. The average molecular weight is 258 g/mol. The highest BCUT2D eigenvalue weighted by atomic mass is 16.4. The number of carbonyl (C=O) groups excluding carboxylic acids is 2. The van der Waals surface area contributed by atoms with Gasteiger partial charge in [0.1, 0.15) is 12.6 Å². The first-order chi connectivity index (χ1) is 8.16. The van der Waals surface area contributed by atoms with E-state index in [0.717, 1.165) is 0 Å². The van der Waals surface area contributed by atoms with Crippen LogP contribution in [0, 0.1) is 5.92 Å². The number of aliphatic carboxylic acids is 1. The highest BCUT2D eigenvalue weighted by molar-refractivity contribution is 5.89. The largest absolute Gasteiger partial charge is 0.480 e. The Bertz CT molecular complexity index is 296. The second kappa shape index (κ2) is 6.98. The smallest absolute Gasteiger partial charge is 0.323 e. The minimum Gasteiger partial charge on any atom is -0.480 e. The van der Waals surface area contributed by atoms with Gasteiger partial charge in [-0.3, -0.25) is 14.4 Å². The van der Waals surface area contributed by atoms with Crippen molar-refractivity contribution in [1.29, 1.82) is 0 Å². The van der Waals surface area contributed by atoms with Crippen molar-refractivity contribution in [2.24, 2.45) is 5.92 Å². The first-order valence-electron chi connectivity index (χ1n) is 5.96. The molecule has 0 aliphatic rings. The van der Waals surface area contributed by atoms with E-state index in [1.807, 2.05) is 0 Å². The van der Waals surface area contributed by atoms with Crippen LogP contribution in [0.3, 0.4) is 0 Å². The molecule has 18 heavy (non-hydrogen) atoms. The Balaban J connectivity index is 5.00. The van der Waals surface area contributed by atoms with Crippen molar-refractivity contribution in [3.8, 4) is 0 Å². The normalized spacial score (nSPS) is 12.4. The van der Waals surface area contributed by atoms with E-state index in [1.54, 1.807) is 27.7 Å². The van der Waals surface area contributed by atoms with Crippen LogP contribution in [-0.4, -0.2) is 46.4 Å². The van der Waals surface area contributed by atoms with Gasteiger partial charge in [0.05, 0.1) is 0 Å². The van der Waals surface area contributed by atoms with Gasteiger partial charge in [-0.1, -0.05) is 13.8 Å². The summed E-state index contributed by atoms with van der Waals surface area (Å²) in [6, 6.07) is -0.923. The Labute approximate surface area is 107 Å². The summed E-state index contributed by atoms with van der Waals surface area (Å²) in [6.07, 6.45) is 0. The highest BCUT2D eigenvalue weighted by Crippen LogP contribution is 2.09. The van der Waals surface area contributed by atoms with Crippen LogP contribution < -0.4 is 5.32 Å². The lowest BCUT2D eigenvalue weighted by Gasteiger charge is -2.31. The maximum atomic E-state index is 12.2. The molecule has 0 bridgehead atoms. The van der Waals surface area contributed by atoms with Crippen molar-refractivity contribution in [3.05, 3.63) is 0 Å². The van der Waals surface area contributed by atoms with Crippen molar-refractivity contribution >= 4 is 17.8 Å². The van der Waals surface area contributed by atoms with Crippen LogP contribution in [0.4, 0.5) is 0 Å². The van der Waals surface area contributed by atoms with E-state index in [9.17, 15) is 14.4 Å². The zero-order valence-corrected chi connectivity index (χ0v) is 11.6. The fourth-order valence-corrected chi connectivity index (χ4v) is 1.57. The Morgan fingerprint density at radius 2 is 1.67 bits per heavy atom. The summed E-state index contributed by atoms with van der Waals surface area (Å²) in [7, 11) is 0. The van der Waals surface area contributed by atoms with Gasteiger partial charge in [0, 0.05) is 13.0 Å². The SMILES string of the molecule is CC(=O)NC(C(=O)N(CC(=O)O)C(C)C)C(C)C. The first kappa shape index (κ1) is 16.4. The molecule has 104 valence electrons. The number of rotatable bonds is 6. The summed E-state index contributed by atoms with van der Waals surface area (Å²) in [5.74, 6) is -1.84. The topological polar surface area (TPSA) is 86.7 Å². The molecule has 0 aliphatic heterocycles. The van der Waals surface area contributed by atoms with E-state index in [-0.39, 0.29) is 30.3 Å². The number of amides is 2. The molecule has 0 aromatic rings. The lowest BCUT2D eigenvalue weighted by molar-refractivity contribution is -0.147. The highest BCUT2D eigenvalue weighted by Gasteiger charge is 2.30. The number of hydrogen-bond acceptors (Lipinski definition) is 3. The van der Waals surface area contributed by atoms with Crippen LogP contribution in [0.2, 0.25) is 0 Å². The molecule has 0 radical (unpaired) electrons. The van der Waals surface area contributed by atoms with Gasteiger partial charge < -0.3 is 15.3 Å². The molecule has 0 saturated heterocycles. The predicted octanol–water partition coefficient (Wildman–Crippen LogP) is 0.469. The maximum absolute atomic E-state index is 12.2. The summed E-state index contributed by atoms with van der Waals surface area (Å²) < 4.78 is 0. The van der Waals surface area contributed by atoms with Crippen LogP contribution >= 0.6 is 0 Å². The van der Waals surface area contributed by atoms with Crippen molar-refractivity contribution in [2.45, 2.75) is 46.7 Å². The molecule has 0 fully saturated rings. The molecule has 2 N–H and O–H groups in total. The van der Waals surface area contributed by atoms with E-state index in [0.29, 0.717) is 0 Å². The summed E-state index contributed by atoms with van der Waals surface area (Å²) in [5.41, 5.74) is 0. The van der Waals surface area contributed by atoms with E-state index >= 15 is 0 Å². The van der Waals surface area contributed by atoms with Crippen molar-refractivity contribution in [3.63, 3.8) is 0 Å². The molecule has 0 aromatic heterocycles. The van der Waals surface area contributed by atoms with Gasteiger partial charge >= 0.3 is 5.97 Å². The molecule has 0 saturated carbocycles. The molecule has 1 unspecified atom stereocenters. The van der Waals surface area contributed by atoms with E-state index in [2.05, 4.69) is 5.32 Å². The molecule has 2 amide bonds. The number of carboxylic acid groups (broad SMARTS) is 1. The molecule has 6 nitrogen and oxygen atoms in total. The fourth-order valence-electron chi connectivity index (χ4n) is 1.57. The second-order valence-electron chi connectivity index (χ2n) is 4.88. The Morgan fingerprint density at radius 1 is 1.17 bits per heavy atom. The summed E-state index contributed by atoms with van der Waals surface area (Å²) in [6.45, 7) is 8.06. The summed E-state index contributed by atoms with van der Waals surface area (Å²) in [4.78, 5) is 35.3. The Hall–Kier alpha value is -1.59. The van der Waals surface area contributed by atoms with Gasteiger partial charge in [-0.2, -0.15) is 0 Å². The Morgan fingerprint density at radius 3 is 1.94 bits per heavy atom. The van der Waals surface area contributed by atoms with Crippen molar-refractivity contribution < 1.29 is 19.5 Å². The lowest BCUT2D eigenvalue weighted by atomic mass is 10.0. The molecular formula is C12H22N2O4. The number of nitrogens with zero attached hydrogens (tertiary/aromatic N) is 1.